The number of benzene rings is 1. The van der Waals surface area contributed by atoms with Crippen molar-refractivity contribution in [2.24, 2.45) is 0 Å². The lowest BCUT2D eigenvalue weighted by Crippen LogP contribution is -2.40. The molecule has 2 atom stereocenters. The van der Waals surface area contributed by atoms with Gasteiger partial charge in [0, 0.05) is 17.9 Å². The summed E-state index contributed by atoms with van der Waals surface area (Å²) in [6.07, 6.45) is 3.13. The molecule has 0 radical (unpaired) electrons. The van der Waals surface area contributed by atoms with Crippen LogP contribution in [0.2, 0.25) is 0 Å². The van der Waals surface area contributed by atoms with Crippen molar-refractivity contribution < 1.29 is 17.9 Å². The third-order valence-electron chi connectivity index (χ3n) is 3.33. The Bertz CT molecular complexity index is 592. The van der Waals surface area contributed by atoms with E-state index in [2.05, 4.69) is 10.0 Å². The number of hydrogen-bond acceptors (Lipinski definition) is 4. The second-order valence-electron chi connectivity index (χ2n) is 5.27. The Balaban J connectivity index is 1.96. The van der Waals surface area contributed by atoms with Gasteiger partial charge in [-0.05, 0) is 44.0 Å². The first kappa shape index (κ1) is 15.8. The molecule has 7 heteroatoms. The lowest BCUT2D eigenvalue weighted by Gasteiger charge is -2.20. The summed E-state index contributed by atoms with van der Waals surface area (Å²) in [7, 11) is -3.31. The van der Waals surface area contributed by atoms with Crippen LogP contribution in [0.15, 0.2) is 24.3 Å². The number of amides is 1. The smallest absolute Gasteiger partial charge is 0.251 e. The molecule has 1 fully saturated rings. The fraction of sp³-hybridized carbons (Fsp3) is 0.500. The second kappa shape index (κ2) is 6.44. The predicted molar refractivity (Wildman–Crippen MR) is 80.8 cm³/mol. The zero-order valence-electron chi connectivity index (χ0n) is 12.1. The molecule has 1 aliphatic rings. The maximum Gasteiger partial charge on any atom is 0.251 e. The summed E-state index contributed by atoms with van der Waals surface area (Å²) in [6, 6.07) is 6.25. The Labute approximate surface area is 124 Å². The van der Waals surface area contributed by atoms with Crippen LogP contribution in [0.25, 0.3) is 0 Å². The van der Waals surface area contributed by atoms with E-state index < -0.39 is 10.0 Å². The highest BCUT2D eigenvalue weighted by molar-refractivity contribution is 7.92. The number of hydrogen-bond donors (Lipinski definition) is 2. The van der Waals surface area contributed by atoms with E-state index in [1.165, 1.54) is 0 Å². The first-order valence-electron chi connectivity index (χ1n) is 6.85. The van der Waals surface area contributed by atoms with Gasteiger partial charge in [0.15, 0.2) is 0 Å². The first-order valence-corrected chi connectivity index (χ1v) is 8.74. The fourth-order valence-electron chi connectivity index (χ4n) is 2.28. The summed E-state index contributed by atoms with van der Waals surface area (Å²) in [5.41, 5.74) is 0.917. The summed E-state index contributed by atoms with van der Waals surface area (Å²) in [5.74, 6) is -0.191. The van der Waals surface area contributed by atoms with Gasteiger partial charge in [-0.2, -0.15) is 0 Å². The van der Waals surface area contributed by atoms with Gasteiger partial charge in [0.1, 0.15) is 0 Å². The maximum absolute atomic E-state index is 12.1. The van der Waals surface area contributed by atoms with Gasteiger partial charge in [-0.3, -0.25) is 9.52 Å². The van der Waals surface area contributed by atoms with Crippen LogP contribution < -0.4 is 10.0 Å². The molecule has 0 bridgehead atoms. The van der Waals surface area contributed by atoms with Gasteiger partial charge < -0.3 is 10.1 Å². The minimum absolute atomic E-state index is 0.0474. The van der Waals surface area contributed by atoms with Crippen molar-refractivity contribution in [2.45, 2.75) is 31.9 Å². The van der Waals surface area contributed by atoms with E-state index in [1.807, 2.05) is 6.92 Å². The highest BCUT2D eigenvalue weighted by atomic mass is 32.2. The molecule has 1 aromatic carbocycles. The molecule has 0 spiro atoms. The maximum atomic E-state index is 12.1. The lowest BCUT2D eigenvalue weighted by atomic mass is 10.1. The summed E-state index contributed by atoms with van der Waals surface area (Å²) in [5, 5.41) is 2.90. The van der Waals surface area contributed by atoms with Crippen molar-refractivity contribution in [3.8, 4) is 0 Å². The molecule has 0 aliphatic carbocycles. The zero-order chi connectivity index (χ0) is 15.5. The molecular weight excluding hydrogens is 292 g/mol. The normalized spacial score (nSPS) is 20.0. The first-order chi connectivity index (χ1) is 9.85. The Kier molecular flexibility index (Phi) is 4.84. The third kappa shape index (κ3) is 4.71. The van der Waals surface area contributed by atoms with Crippen LogP contribution in [-0.2, 0) is 14.8 Å². The summed E-state index contributed by atoms with van der Waals surface area (Å²) in [6.45, 7) is 2.67. The molecule has 1 heterocycles. The van der Waals surface area contributed by atoms with E-state index in [0.29, 0.717) is 11.3 Å². The SMILES string of the molecule is CC(NC(=O)c1ccc(NS(C)(=O)=O)cc1)C1CCCO1. The average Bonchev–Trinajstić information content (AvgIpc) is 2.91. The Morgan fingerprint density at radius 3 is 2.52 bits per heavy atom. The Morgan fingerprint density at radius 1 is 1.33 bits per heavy atom. The number of anilines is 1. The van der Waals surface area contributed by atoms with Crippen LogP contribution in [0, 0.1) is 0 Å². The van der Waals surface area contributed by atoms with Gasteiger partial charge in [-0.15, -0.1) is 0 Å². The Hall–Kier alpha value is -1.60. The number of carbonyl (C=O) groups is 1. The quantitative estimate of drug-likeness (QED) is 0.859. The van der Waals surface area contributed by atoms with Gasteiger partial charge >= 0.3 is 0 Å². The molecule has 1 aliphatic heterocycles. The third-order valence-corrected chi connectivity index (χ3v) is 3.94. The molecule has 21 heavy (non-hydrogen) atoms. The molecule has 1 aromatic rings. The van der Waals surface area contributed by atoms with E-state index in [4.69, 9.17) is 4.74 Å². The number of sulfonamides is 1. The summed E-state index contributed by atoms with van der Waals surface area (Å²) < 4.78 is 30.1. The largest absolute Gasteiger partial charge is 0.376 e. The number of carbonyl (C=O) groups excluding carboxylic acids is 1. The highest BCUT2D eigenvalue weighted by Crippen LogP contribution is 2.16. The number of rotatable bonds is 5. The van der Waals surface area contributed by atoms with Crippen LogP contribution in [0.5, 0.6) is 0 Å². The van der Waals surface area contributed by atoms with Crippen LogP contribution in [-0.4, -0.2) is 39.3 Å². The van der Waals surface area contributed by atoms with Crippen molar-refractivity contribution in [3.63, 3.8) is 0 Å². The van der Waals surface area contributed by atoms with Crippen molar-refractivity contribution in [1.82, 2.24) is 5.32 Å². The van der Waals surface area contributed by atoms with Crippen LogP contribution >= 0.6 is 0 Å². The molecule has 1 amide bonds. The minimum atomic E-state index is -3.31. The van der Waals surface area contributed by atoms with Crippen molar-refractivity contribution >= 4 is 21.6 Å². The summed E-state index contributed by atoms with van der Waals surface area (Å²) >= 11 is 0. The van der Waals surface area contributed by atoms with E-state index >= 15 is 0 Å². The van der Waals surface area contributed by atoms with Crippen LogP contribution in [0.1, 0.15) is 30.1 Å². The van der Waals surface area contributed by atoms with Gasteiger partial charge in [0.05, 0.1) is 18.4 Å². The molecule has 2 N–H and O–H groups in total. The van der Waals surface area contributed by atoms with E-state index in [1.54, 1.807) is 24.3 Å². The van der Waals surface area contributed by atoms with Crippen LogP contribution in [0.3, 0.4) is 0 Å². The van der Waals surface area contributed by atoms with Gasteiger partial charge in [-0.1, -0.05) is 0 Å². The Morgan fingerprint density at radius 2 is 2.00 bits per heavy atom. The summed E-state index contributed by atoms with van der Waals surface area (Å²) in [4.78, 5) is 12.1. The fourth-order valence-corrected chi connectivity index (χ4v) is 2.85. The average molecular weight is 312 g/mol. The predicted octanol–water partition coefficient (Wildman–Crippen LogP) is 1.36. The molecule has 6 nitrogen and oxygen atoms in total. The van der Waals surface area contributed by atoms with Crippen molar-refractivity contribution in [1.29, 1.82) is 0 Å². The van der Waals surface area contributed by atoms with Gasteiger partial charge in [0.2, 0.25) is 10.0 Å². The van der Waals surface area contributed by atoms with E-state index in [9.17, 15) is 13.2 Å². The lowest BCUT2D eigenvalue weighted by molar-refractivity contribution is 0.0712. The van der Waals surface area contributed by atoms with E-state index in [-0.39, 0.29) is 18.1 Å². The molecule has 116 valence electrons. The highest BCUT2D eigenvalue weighted by Gasteiger charge is 2.23. The molecule has 1 saturated heterocycles. The van der Waals surface area contributed by atoms with Gasteiger partial charge in [-0.25, -0.2) is 8.42 Å². The molecule has 0 saturated carbocycles. The molecule has 0 aromatic heterocycles. The van der Waals surface area contributed by atoms with Gasteiger partial charge in [0.25, 0.3) is 5.91 Å². The molecular formula is C14H20N2O4S. The monoisotopic (exact) mass is 312 g/mol. The number of ether oxygens (including phenoxy) is 1. The minimum Gasteiger partial charge on any atom is -0.376 e. The molecule has 2 unspecified atom stereocenters. The van der Waals surface area contributed by atoms with Crippen molar-refractivity contribution in [2.75, 3.05) is 17.6 Å². The van der Waals surface area contributed by atoms with Crippen molar-refractivity contribution in [3.05, 3.63) is 29.8 Å². The van der Waals surface area contributed by atoms with E-state index in [0.717, 1.165) is 25.7 Å². The number of nitrogens with one attached hydrogen (secondary N) is 2. The molecule has 2 rings (SSSR count). The second-order valence-corrected chi connectivity index (χ2v) is 7.01. The van der Waals surface area contributed by atoms with Crippen LogP contribution in [0.4, 0.5) is 5.69 Å². The topological polar surface area (TPSA) is 84.5 Å². The zero-order valence-corrected chi connectivity index (χ0v) is 12.9. The standard InChI is InChI=1S/C14H20N2O4S/c1-10(13-4-3-9-20-13)15-14(17)11-5-7-12(8-6-11)16-21(2,18)19/h5-8,10,13,16H,3-4,9H2,1-2H3,(H,15,17).